The van der Waals surface area contributed by atoms with Gasteiger partial charge in [-0.3, -0.25) is 9.59 Å². The van der Waals surface area contributed by atoms with Crippen LogP contribution >= 0.6 is 12.2 Å². The van der Waals surface area contributed by atoms with Crippen LogP contribution in [0.25, 0.3) is 0 Å². The van der Waals surface area contributed by atoms with E-state index in [-0.39, 0.29) is 22.8 Å². The average Bonchev–Trinajstić information content (AvgIpc) is 2.54. The van der Waals surface area contributed by atoms with Crippen LogP contribution < -0.4 is 16.0 Å². The van der Waals surface area contributed by atoms with E-state index in [4.69, 9.17) is 12.2 Å². The fourth-order valence-electron chi connectivity index (χ4n) is 2.08. The quantitative estimate of drug-likeness (QED) is 0.731. The van der Waals surface area contributed by atoms with Crippen molar-refractivity contribution in [2.24, 2.45) is 5.92 Å². The molecular formula is C19H21N3O2S. The number of amides is 2. The van der Waals surface area contributed by atoms with Crippen LogP contribution in [0, 0.1) is 12.8 Å². The van der Waals surface area contributed by atoms with Crippen LogP contribution in [0.5, 0.6) is 0 Å². The first kappa shape index (κ1) is 18.6. The Balaban J connectivity index is 2.04. The van der Waals surface area contributed by atoms with Gasteiger partial charge in [-0.2, -0.15) is 0 Å². The maximum atomic E-state index is 12.4. The van der Waals surface area contributed by atoms with Gasteiger partial charge in [-0.25, -0.2) is 0 Å². The summed E-state index contributed by atoms with van der Waals surface area (Å²) in [5.41, 5.74) is 2.93. The molecule has 5 nitrogen and oxygen atoms in total. The molecule has 0 aliphatic carbocycles. The zero-order chi connectivity index (χ0) is 18.4. The number of carbonyl (C=O) groups excluding carboxylic acids is 2. The minimum Gasteiger partial charge on any atom is -0.332 e. The van der Waals surface area contributed by atoms with E-state index < -0.39 is 0 Å². The van der Waals surface area contributed by atoms with Gasteiger partial charge >= 0.3 is 0 Å². The third kappa shape index (κ3) is 5.69. The van der Waals surface area contributed by atoms with Crippen LogP contribution in [-0.4, -0.2) is 16.9 Å². The highest BCUT2D eigenvalue weighted by atomic mass is 32.1. The van der Waals surface area contributed by atoms with Crippen molar-refractivity contribution in [2.75, 3.05) is 10.6 Å². The standard InChI is InChI=1S/C19H21N3O2S/c1-12(2)17(23)22-19(25)21-16-9-5-7-14(11-16)18(24)20-15-8-4-6-13(3)10-15/h4-12H,1-3H3,(H,20,24)(H2,21,22,23,25). The second kappa shape index (κ2) is 8.39. The van der Waals surface area contributed by atoms with Gasteiger partial charge in [0, 0.05) is 22.9 Å². The van der Waals surface area contributed by atoms with Gasteiger partial charge in [0.2, 0.25) is 5.91 Å². The van der Waals surface area contributed by atoms with Gasteiger partial charge in [-0.1, -0.05) is 32.0 Å². The Morgan fingerprint density at radius 3 is 2.24 bits per heavy atom. The summed E-state index contributed by atoms with van der Waals surface area (Å²) in [7, 11) is 0. The second-order valence-electron chi connectivity index (χ2n) is 6.00. The highest BCUT2D eigenvalue weighted by Gasteiger charge is 2.10. The molecular weight excluding hydrogens is 334 g/mol. The number of carbonyl (C=O) groups is 2. The molecule has 6 heteroatoms. The molecule has 0 spiro atoms. The highest BCUT2D eigenvalue weighted by molar-refractivity contribution is 7.80. The van der Waals surface area contributed by atoms with Crippen molar-refractivity contribution in [3.8, 4) is 0 Å². The molecule has 130 valence electrons. The smallest absolute Gasteiger partial charge is 0.255 e. The second-order valence-corrected chi connectivity index (χ2v) is 6.41. The van der Waals surface area contributed by atoms with E-state index in [9.17, 15) is 9.59 Å². The van der Waals surface area contributed by atoms with Crippen molar-refractivity contribution in [3.63, 3.8) is 0 Å². The van der Waals surface area contributed by atoms with E-state index in [0.29, 0.717) is 11.3 Å². The molecule has 0 aromatic heterocycles. The minimum atomic E-state index is -0.216. The first-order valence-electron chi connectivity index (χ1n) is 7.95. The Bertz CT molecular complexity index is 803. The van der Waals surface area contributed by atoms with Gasteiger partial charge in [0.1, 0.15) is 0 Å². The summed E-state index contributed by atoms with van der Waals surface area (Å²) in [6.07, 6.45) is 0. The Morgan fingerprint density at radius 1 is 0.960 bits per heavy atom. The minimum absolute atomic E-state index is 0.161. The Labute approximate surface area is 152 Å². The summed E-state index contributed by atoms with van der Waals surface area (Å²) >= 11 is 5.12. The van der Waals surface area contributed by atoms with Gasteiger partial charge in [-0.05, 0) is 55.0 Å². The Morgan fingerprint density at radius 2 is 1.60 bits per heavy atom. The fourth-order valence-corrected chi connectivity index (χ4v) is 2.30. The maximum absolute atomic E-state index is 12.4. The molecule has 0 atom stereocenters. The summed E-state index contributed by atoms with van der Waals surface area (Å²) in [6.45, 7) is 5.54. The molecule has 2 amide bonds. The molecule has 0 saturated heterocycles. The van der Waals surface area contributed by atoms with Crippen LogP contribution in [0.1, 0.15) is 29.8 Å². The summed E-state index contributed by atoms with van der Waals surface area (Å²) < 4.78 is 0. The molecule has 0 unspecified atom stereocenters. The molecule has 0 aliphatic rings. The zero-order valence-corrected chi connectivity index (χ0v) is 15.2. The van der Waals surface area contributed by atoms with E-state index in [1.165, 1.54) is 0 Å². The zero-order valence-electron chi connectivity index (χ0n) is 14.4. The molecule has 3 N–H and O–H groups in total. The van der Waals surface area contributed by atoms with Gasteiger partial charge < -0.3 is 16.0 Å². The number of anilines is 2. The predicted octanol–water partition coefficient (Wildman–Crippen LogP) is 3.72. The fraction of sp³-hybridized carbons (Fsp3) is 0.211. The SMILES string of the molecule is Cc1cccc(NC(=O)c2cccc(NC(=S)NC(=O)C(C)C)c2)c1. The largest absolute Gasteiger partial charge is 0.332 e. The molecule has 0 aliphatic heterocycles. The van der Waals surface area contributed by atoms with E-state index in [1.54, 1.807) is 38.1 Å². The molecule has 0 bridgehead atoms. The van der Waals surface area contributed by atoms with E-state index in [1.807, 2.05) is 31.2 Å². The van der Waals surface area contributed by atoms with Crippen molar-refractivity contribution < 1.29 is 9.59 Å². The molecule has 0 fully saturated rings. The van der Waals surface area contributed by atoms with Crippen molar-refractivity contribution in [1.29, 1.82) is 0 Å². The topological polar surface area (TPSA) is 70.2 Å². The van der Waals surface area contributed by atoms with E-state index in [0.717, 1.165) is 11.3 Å². The predicted molar refractivity (Wildman–Crippen MR) is 105 cm³/mol. The highest BCUT2D eigenvalue weighted by Crippen LogP contribution is 2.14. The number of thiocarbonyl (C=S) groups is 1. The van der Waals surface area contributed by atoms with Crippen molar-refractivity contribution in [3.05, 3.63) is 59.7 Å². The Hall–Kier alpha value is -2.73. The Kier molecular flexibility index (Phi) is 6.25. The lowest BCUT2D eigenvalue weighted by molar-refractivity contribution is -0.122. The summed E-state index contributed by atoms with van der Waals surface area (Å²) in [5.74, 6) is -0.538. The average molecular weight is 355 g/mol. The number of aryl methyl sites for hydroxylation is 1. The molecule has 0 heterocycles. The number of hydrogen-bond donors (Lipinski definition) is 3. The molecule has 2 rings (SSSR count). The monoisotopic (exact) mass is 355 g/mol. The number of benzene rings is 2. The lowest BCUT2D eigenvalue weighted by Gasteiger charge is -2.12. The van der Waals surface area contributed by atoms with Gasteiger partial charge in [0.05, 0.1) is 0 Å². The first-order chi connectivity index (χ1) is 11.8. The van der Waals surface area contributed by atoms with Crippen LogP contribution in [0.4, 0.5) is 11.4 Å². The van der Waals surface area contributed by atoms with E-state index >= 15 is 0 Å². The number of hydrogen-bond acceptors (Lipinski definition) is 3. The van der Waals surface area contributed by atoms with Gasteiger partial charge in [0.15, 0.2) is 5.11 Å². The third-order valence-corrected chi connectivity index (χ3v) is 3.62. The third-order valence-electron chi connectivity index (χ3n) is 3.42. The van der Waals surface area contributed by atoms with Crippen molar-refractivity contribution in [1.82, 2.24) is 5.32 Å². The van der Waals surface area contributed by atoms with Gasteiger partial charge in [-0.15, -0.1) is 0 Å². The number of rotatable bonds is 4. The van der Waals surface area contributed by atoms with Crippen molar-refractivity contribution >= 4 is 40.5 Å². The summed E-state index contributed by atoms with van der Waals surface area (Å²) in [5, 5.41) is 8.58. The van der Waals surface area contributed by atoms with Crippen LogP contribution in [0.3, 0.4) is 0 Å². The lowest BCUT2D eigenvalue weighted by atomic mass is 10.1. The van der Waals surface area contributed by atoms with Crippen LogP contribution in [-0.2, 0) is 4.79 Å². The van der Waals surface area contributed by atoms with Gasteiger partial charge in [0.25, 0.3) is 5.91 Å². The summed E-state index contributed by atoms with van der Waals surface area (Å²) in [6, 6.07) is 14.5. The molecule has 2 aromatic carbocycles. The maximum Gasteiger partial charge on any atom is 0.255 e. The molecule has 0 saturated carbocycles. The first-order valence-corrected chi connectivity index (χ1v) is 8.36. The summed E-state index contributed by atoms with van der Waals surface area (Å²) in [4.78, 5) is 24.0. The van der Waals surface area contributed by atoms with E-state index in [2.05, 4.69) is 16.0 Å². The van der Waals surface area contributed by atoms with Crippen molar-refractivity contribution in [2.45, 2.75) is 20.8 Å². The number of nitrogens with one attached hydrogen (secondary N) is 3. The molecule has 2 aromatic rings. The molecule has 0 radical (unpaired) electrons. The van der Waals surface area contributed by atoms with Crippen LogP contribution in [0.2, 0.25) is 0 Å². The van der Waals surface area contributed by atoms with Crippen LogP contribution in [0.15, 0.2) is 48.5 Å². The lowest BCUT2D eigenvalue weighted by Crippen LogP contribution is -2.36. The molecule has 25 heavy (non-hydrogen) atoms. The normalized spacial score (nSPS) is 10.2.